The quantitative estimate of drug-likeness (QED) is 0.472. The second kappa shape index (κ2) is 4.32. The molecule has 0 aliphatic heterocycles. The predicted octanol–water partition coefficient (Wildman–Crippen LogP) is 1.91. The first-order chi connectivity index (χ1) is 7.68. The molecule has 5 heteroatoms. The van der Waals surface area contributed by atoms with Gasteiger partial charge in [-0.05, 0) is 25.2 Å². The molecule has 0 atom stereocenters. The Hall–Kier alpha value is -1.88. The van der Waals surface area contributed by atoms with Gasteiger partial charge in [-0.3, -0.25) is 5.43 Å². The van der Waals surface area contributed by atoms with Gasteiger partial charge in [-0.15, -0.1) is 0 Å². The molecule has 0 aliphatic rings. The number of nitrogens with two attached hydrogens (primary N) is 1. The molecule has 2 rings (SSSR count). The van der Waals surface area contributed by atoms with Crippen LogP contribution in [0, 0.1) is 6.92 Å². The third-order valence-corrected chi connectivity index (χ3v) is 2.28. The van der Waals surface area contributed by atoms with Crippen LogP contribution in [0.1, 0.15) is 11.3 Å². The Morgan fingerprint density at radius 2 is 2.25 bits per heavy atom. The second-order valence-electron chi connectivity index (χ2n) is 3.30. The smallest absolute Gasteiger partial charge is 0.184 e. The highest BCUT2D eigenvalue weighted by Gasteiger charge is 2.07. The Morgan fingerprint density at radius 1 is 1.50 bits per heavy atom. The van der Waals surface area contributed by atoms with Gasteiger partial charge < -0.3 is 10.2 Å². The van der Waals surface area contributed by atoms with Crippen LogP contribution in [0.4, 0.5) is 0 Å². The van der Waals surface area contributed by atoms with E-state index in [0.717, 1.165) is 22.3 Å². The van der Waals surface area contributed by atoms with Gasteiger partial charge in [0.05, 0.1) is 6.21 Å². The highest BCUT2D eigenvalue weighted by Crippen LogP contribution is 2.23. The summed E-state index contributed by atoms with van der Waals surface area (Å²) in [5.74, 6) is 0.815. The van der Waals surface area contributed by atoms with Crippen LogP contribution in [0.2, 0.25) is 0 Å². The first kappa shape index (κ1) is 10.6. The fraction of sp³-hybridized carbons (Fsp3) is 0.0909. The lowest BCUT2D eigenvalue weighted by Gasteiger charge is -1.93. The number of hydrogen-bond donors (Lipinski definition) is 2. The number of furan rings is 1. The summed E-state index contributed by atoms with van der Waals surface area (Å²) in [6, 6.07) is 7.78. The number of hydrazone groups is 1. The van der Waals surface area contributed by atoms with Crippen molar-refractivity contribution in [3.05, 3.63) is 35.6 Å². The Labute approximate surface area is 98.1 Å². The standard InChI is InChI=1S/C11H11N3OS/c1-7-9(6-13-14-11(12)16)8-4-2-3-5-10(8)15-7/h2-6H,1H3,(H3,12,14,16)/b13-6+. The summed E-state index contributed by atoms with van der Waals surface area (Å²) in [7, 11) is 0. The minimum Gasteiger partial charge on any atom is -0.461 e. The zero-order chi connectivity index (χ0) is 11.5. The third kappa shape index (κ3) is 2.04. The van der Waals surface area contributed by atoms with E-state index in [-0.39, 0.29) is 5.11 Å². The van der Waals surface area contributed by atoms with Crippen LogP contribution in [0.5, 0.6) is 0 Å². The number of rotatable bonds is 2. The van der Waals surface area contributed by atoms with E-state index in [9.17, 15) is 0 Å². The zero-order valence-corrected chi connectivity index (χ0v) is 9.54. The summed E-state index contributed by atoms with van der Waals surface area (Å²) < 4.78 is 5.57. The van der Waals surface area contributed by atoms with Gasteiger partial charge in [0.2, 0.25) is 0 Å². The van der Waals surface area contributed by atoms with E-state index in [4.69, 9.17) is 10.2 Å². The molecule has 82 valence electrons. The molecule has 0 saturated carbocycles. The second-order valence-corrected chi connectivity index (χ2v) is 3.74. The van der Waals surface area contributed by atoms with Crippen LogP contribution in [0.3, 0.4) is 0 Å². The van der Waals surface area contributed by atoms with E-state index >= 15 is 0 Å². The maximum atomic E-state index is 5.57. The monoisotopic (exact) mass is 233 g/mol. The van der Waals surface area contributed by atoms with Crippen molar-refractivity contribution in [2.24, 2.45) is 10.8 Å². The molecule has 0 fully saturated rings. The third-order valence-electron chi connectivity index (χ3n) is 2.19. The van der Waals surface area contributed by atoms with Gasteiger partial charge in [0, 0.05) is 10.9 Å². The summed E-state index contributed by atoms with van der Waals surface area (Å²) in [5, 5.41) is 5.09. The van der Waals surface area contributed by atoms with Crippen molar-refractivity contribution in [2.75, 3.05) is 0 Å². The van der Waals surface area contributed by atoms with Crippen LogP contribution >= 0.6 is 12.2 Å². The van der Waals surface area contributed by atoms with Crippen molar-refractivity contribution >= 4 is 34.5 Å². The molecule has 16 heavy (non-hydrogen) atoms. The minimum atomic E-state index is 0.140. The Morgan fingerprint density at radius 3 is 3.00 bits per heavy atom. The number of hydrogen-bond acceptors (Lipinski definition) is 3. The molecule has 0 amide bonds. The summed E-state index contributed by atoms with van der Waals surface area (Å²) in [6.45, 7) is 1.89. The van der Waals surface area contributed by atoms with Gasteiger partial charge in [0.15, 0.2) is 5.11 Å². The van der Waals surface area contributed by atoms with Crippen molar-refractivity contribution in [2.45, 2.75) is 6.92 Å². The van der Waals surface area contributed by atoms with E-state index < -0.39 is 0 Å². The number of fused-ring (bicyclic) bond motifs is 1. The molecule has 3 N–H and O–H groups in total. The van der Waals surface area contributed by atoms with Gasteiger partial charge >= 0.3 is 0 Å². The molecule has 0 spiro atoms. The van der Waals surface area contributed by atoms with Gasteiger partial charge in [-0.1, -0.05) is 18.2 Å². The lowest BCUT2D eigenvalue weighted by atomic mass is 10.1. The highest BCUT2D eigenvalue weighted by atomic mass is 32.1. The van der Waals surface area contributed by atoms with Crippen LogP contribution in [0.25, 0.3) is 11.0 Å². The first-order valence-corrected chi connectivity index (χ1v) is 5.16. The van der Waals surface area contributed by atoms with Gasteiger partial charge in [0.1, 0.15) is 11.3 Å². The average molecular weight is 233 g/mol. The minimum absolute atomic E-state index is 0.140. The summed E-state index contributed by atoms with van der Waals surface area (Å²) in [4.78, 5) is 0. The zero-order valence-electron chi connectivity index (χ0n) is 8.73. The normalized spacial score (nSPS) is 11.1. The topological polar surface area (TPSA) is 63.5 Å². The van der Waals surface area contributed by atoms with E-state index in [1.54, 1.807) is 6.21 Å². The summed E-state index contributed by atoms with van der Waals surface area (Å²) >= 11 is 4.65. The Kier molecular flexibility index (Phi) is 2.87. The number of aryl methyl sites for hydroxylation is 1. The lowest BCUT2D eigenvalue weighted by Crippen LogP contribution is -2.24. The molecular formula is C11H11N3OS. The van der Waals surface area contributed by atoms with Gasteiger partial charge in [-0.25, -0.2) is 0 Å². The van der Waals surface area contributed by atoms with Crippen molar-refractivity contribution in [3.8, 4) is 0 Å². The summed E-state index contributed by atoms with van der Waals surface area (Å²) in [6.07, 6.45) is 1.65. The molecule has 0 saturated heterocycles. The first-order valence-electron chi connectivity index (χ1n) is 4.75. The fourth-order valence-electron chi connectivity index (χ4n) is 1.51. The maximum absolute atomic E-state index is 5.57. The number of thiocarbonyl (C=S) groups is 1. The number of para-hydroxylation sites is 1. The van der Waals surface area contributed by atoms with Crippen molar-refractivity contribution in [1.29, 1.82) is 0 Å². The van der Waals surface area contributed by atoms with Crippen LogP contribution < -0.4 is 11.2 Å². The van der Waals surface area contributed by atoms with E-state index in [0.29, 0.717) is 0 Å². The Bertz CT molecular complexity index is 559. The largest absolute Gasteiger partial charge is 0.461 e. The predicted molar refractivity (Wildman–Crippen MR) is 68.5 cm³/mol. The van der Waals surface area contributed by atoms with Crippen LogP contribution in [-0.2, 0) is 0 Å². The molecule has 2 aromatic rings. The van der Waals surface area contributed by atoms with Crippen LogP contribution in [-0.4, -0.2) is 11.3 Å². The molecule has 0 bridgehead atoms. The van der Waals surface area contributed by atoms with E-state index in [1.165, 1.54) is 0 Å². The number of nitrogens with zero attached hydrogens (tertiary/aromatic N) is 1. The molecule has 1 aromatic heterocycles. The maximum Gasteiger partial charge on any atom is 0.184 e. The fourth-order valence-corrected chi connectivity index (χ4v) is 1.56. The van der Waals surface area contributed by atoms with Crippen molar-refractivity contribution in [1.82, 2.24) is 5.43 Å². The average Bonchev–Trinajstić information content (AvgIpc) is 2.55. The molecule has 1 aromatic carbocycles. The molecule has 4 nitrogen and oxygen atoms in total. The molecule has 0 aliphatic carbocycles. The molecule has 1 heterocycles. The molecule has 0 unspecified atom stereocenters. The lowest BCUT2D eigenvalue weighted by molar-refractivity contribution is 0.578. The summed E-state index contributed by atoms with van der Waals surface area (Å²) in [5.41, 5.74) is 9.55. The van der Waals surface area contributed by atoms with E-state index in [2.05, 4.69) is 22.7 Å². The van der Waals surface area contributed by atoms with E-state index in [1.807, 2.05) is 31.2 Å². The SMILES string of the molecule is Cc1oc2ccccc2c1/C=N/NC(N)=S. The molecule has 0 radical (unpaired) electrons. The van der Waals surface area contributed by atoms with Gasteiger partial charge in [0.25, 0.3) is 0 Å². The van der Waals surface area contributed by atoms with Crippen molar-refractivity contribution in [3.63, 3.8) is 0 Å². The Balaban J connectivity index is 2.39. The van der Waals surface area contributed by atoms with Crippen molar-refractivity contribution < 1.29 is 4.42 Å². The highest BCUT2D eigenvalue weighted by molar-refractivity contribution is 7.80. The number of benzene rings is 1. The van der Waals surface area contributed by atoms with Crippen LogP contribution in [0.15, 0.2) is 33.8 Å². The van der Waals surface area contributed by atoms with Gasteiger partial charge in [-0.2, -0.15) is 5.10 Å². The molecular weight excluding hydrogens is 222 g/mol. The number of nitrogens with one attached hydrogen (secondary N) is 1.